The molecule has 0 aliphatic carbocycles. The summed E-state index contributed by atoms with van der Waals surface area (Å²) >= 11 is 0. The first-order valence-corrected chi connectivity index (χ1v) is 3.89. The summed E-state index contributed by atoms with van der Waals surface area (Å²) in [7, 11) is 3.64. The van der Waals surface area contributed by atoms with Gasteiger partial charge in [-0.3, -0.25) is 5.43 Å². The van der Waals surface area contributed by atoms with Gasteiger partial charge in [-0.25, -0.2) is 5.01 Å². The van der Waals surface area contributed by atoms with E-state index in [2.05, 4.69) is 10.4 Å². The van der Waals surface area contributed by atoms with E-state index in [1.54, 1.807) is 7.11 Å². The summed E-state index contributed by atoms with van der Waals surface area (Å²) < 4.78 is 10.4. The lowest BCUT2D eigenvalue weighted by Gasteiger charge is -2.34. The van der Waals surface area contributed by atoms with Crippen molar-refractivity contribution in [2.24, 2.45) is 0 Å². The van der Waals surface area contributed by atoms with Crippen molar-refractivity contribution in [2.75, 3.05) is 40.5 Å². The smallest absolute Gasteiger partial charge is 0.0711 e. The van der Waals surface area contributed by atoms with Crippen LogP contribution in [-0.4, -0.2) is 51.6 Å². The van der Waals surface area contributed by atoms with Gasteiger partial charge in [0.05, 0.1) is 25.9 Å². The second-order valence-corrected chi connectivity index (χ2v) is 2.60. The van der Waals surface area contributed by atoms with E-state index < -0.39 is 0 Å². The third kappa shape index (κ3) is 2.41. The Morgan fingerprint density at radius 1 is 1.73 bits per heavy atom. The summed E-state index contributed by atoms with van der Waals surface area (Å²) in [5.74, 6) is 0. The van der Waals surface area contributed by atoms with Crippen molar-refractivity contribution in [3.8, 4) is 0 Å². The second kappa shape index (κ2) is 4.66. The minimum Gasteiger partial charge on any atom is -0.383 e. The largest absolute Gasteiger partial charge is 0.383 e. The monoisotopic (exact) mass is 160 g/mol. The Bertz CT molecular complexity index is 109. The maximum absolute atomic E-state index is 5.31. The van der Waals surface area contributed by atoms with Gasteiger partial charge in [0.25, 0.3) is 0 Å². The van der Waals surface area contributed by atoms with Gasteiger partial charge in [-0.05, 0) is 7.05 Å². The number of rotatable bonds is 3. The van der Waals surface area contributed by atoms with Gasteiger partial charge in [0.2, 0.25) is 0 Å². The van der Waals surface area contributed by atoms with E-state index in [4.69, 9.17) is 9.47 Å². The van der Waals surface area contributed by atoms with Crippen molar-refractivity contribution in [1.82, 2.24) is 10.4 Å². The van der Waals surface area contributed by atoms with Crippen LogP contribution in [0.15, 0.2) is 0 Å². The van der Waals surface area contributed by atoms with Crippen molar-refractivity contribution in [1.29, 1.82) is 0 Å². The van der Waals surface area contributed by atoms with Gasteiger partial charge in [-0.15, -0.1) is 0 Å². The number of nitrogens with zero attached hydrogens (tertiary/aromatic N) is 1. The number of ether oxygens (including phenoxy) is 2. The normalized spacial score (nSPS) is 27.3. The zero-order valence-electron chi connectivity index (χ0n) is 7.17. The van der Waals surface area contributed by atoms with Gasteiger partial charge in [0, 0.05) is 13.7 Å². The van der Waals surface area contributed by atoms with Gasteiger partial charge in [0.1, 0.15) is 0 Å². The third-order valence-electron chi connectivity index (χ3n) is 1.87. The van der Waals surface area contributed by atoms with Crippen molar-refractivity contribution in [2.45, 2.75) is 6.04 Å². The topological polar surface area (TPSA) is 33.7 Å². The number of hydrazine groups is 1. The van der Waals surface area contributed by atoms with Crippen LogP contribution >= 0.6 is 0 Å². The molecule has 0 spiro atoms. The highest BCUT2D eigenvalue weighted by atomic mass is 16.5. The molecule has 1 fully saturated rings. The fraction of sp³-hybridized carbons (Fsp3) is 1.00. The lowest BCUT2D eigenvalue weighted by molar-refractivity contribution is -0.0545. The summed E-state index contributed by atoms with van der Waals surface area (Å²) in [6.45, 7) is 3.22. The number of hydrogen-bond donors (Lipinski definition) is 1. The van der Waals surface area contributed by atoms with Crippen molar-refractivity contribution in [3.63, 3.8) is 0 Å². The van der Waals surface area contributed by atoms with Crippen LogP contribution in [-0.2, 0) is 9.47 Å². The van der Waals surface area contributed by atoms with E-state index in [1.165, 1.54) is 0 Å². The Morgan fingerprint density at radius 2 is 2.55 bits per heavy atom. The van der Waals surface area contributed by atoms with Gasteiger partial charge in [-0.1, -0.05) is 0 Å². The predicted octanol–water partition coefficient (Wildman–Crippen LogP) is -0.532. The molecule has 1 N–H and O–H groups in total. The third-order valence-corrected chi connectivity index (χ3v) is 1.87. The summed E-state index contributed by atoms with van der Waals surface area (Å²) in [5.41, 5.74) is 3.11. The van der Waals surface area contributed by atoms with E-state index in [1.807, 2.05) is 7.05 Å². The molecular formula is C7H16N2O2. The fourth-order valence-electron chi connectivity index (χ4n) is 1.28. The molecule has 11 heavy (non-hydrogen) atoms. The summed E-state index contributed by atoms with van der Waals surface area (Å²) in [4.78, 5) is 0. The van der Waals surface area contributed by atoms with Crippen LogP contribution in [0, 0.1) is 0 Å². The minimum atomic E-state index is 0.360. The average molecular weight is 160 g/mol. The summed E-state index contributed by atoms with van der Waals surface area (Å²) in [6.07, 6.45) is 0. The maximum Gasteiger partial charge on any atom is 0.0711 e. The molecule has 1 saturated heterocycles. The molecule has 0 radical (unpaired) electrons. The number of morpholine rings is 1. The molecule has 4 nitrogen and oxygen atoms in total. The number of nitrogens with one attached hydrogen (secondary N) is 1. The standard InChI is InChI=1S/C7H16N2O2/c1-8-9-3-4-11-6-7(9)5-10-2/h7-8H,3-6H2,1-2H3. The van der Waals surface area contributed by atoms with Crippen LogP contribution < -0.4 is 5.43 Å². The predicted molar refractivity (Wildman–Crippen MR) is 42.2 cm³/mol. The molecule has 66 valence electrons. The Hall–Kier alpha value is -0.160. The van der Waals surface area contributed by atoms with Crippen molar-refractivity contribution in [3.05, 3.63) is 0 Å². The van der Waals surface area contributed by atoms with Crippen LogP contribution in [0.25, 0.3) is 0 Å². The molecule has 1 unspecified atom stereocenters. The molecule has 0 aromatic rings. The highest BCUT2D eigenvalue weighted by Crippen LogP contribution is 2.02. The van der Waals surface area contributed by atoms with Crippen LogP contribution in [0.2, 0.25) is 0 Å². The fourth-order valence-corrected chi connectivity index (χ4v) is 1.28. The molecule has 1 rings (SSSR count). The van der Waals surface area contributed by atoms with Crippen molar-refractivity contribution >= 4 is 0 Å². The Labute approximate surface area is 67.4 Å². The zero-order chi connectivity index (χ0) is 8.10. The molecule has 0 saturated carbocycles. The summed E-state index contributed by atoms with van der Waals surface area (Å²) in [5, 5.41) is 2.15. The maximum atomic E-state index is 5.31. The number of methoxy groups -OCH3 is 1. The zero-order valence-corrected chi connectivity index (χ0v) is 7.17. The van der Waals surface area contributed by atoms with Crippen LogP contribution in [0.4, 0.5) is 0 Å². The van der Waals surface area contributed by atoms with Crippen molar-refractivity contribution < 1.29 is 9.47 Å². The Morgan fingerprint density at radius 3 is 3.18 bits per heavy atom. The molecule has 1 atom stereocenters. The summed E-state index contributed by atoms with van der Waals surface area (Å²) in [6, 6.07) is 0.360. The molecule has 0 aromatic carbocycles. The van der Waals surface area contributed by atoms with E-state index in [0.29, 0.717) is 6.04 Å². The minimum absolute atomic E-state index is 0.360. The lowest BCUT2D eigenvalue weighted by atomic mass is 10.3. The van der Waals surface area contributed by atoms with Crippen LogP contribution in [0.1, 0.15) is 0 Å². The van der Waals surface area contributed by atoms with E-state index >= 15 is 0 Å². The first-order chi connectivity index (χ1) is 5.38. The Balaban J connectivity index is 2.31. The SMILES string of the molecule is CNN1CCOCC1COC. The average Bonchev–Trinajstić information content (AvgIpc) is 2.06. The molecule has 0 bridgehead atoms. The molecule has 0 aromatic heterocycles. The van der Waals surface area contributed by atoms with Crippen LogP contribution in [0.3, 0.4) is 0 Å². The quantitative estimate of drug-likeness (QED) is 0.601. The van der Waals surface area contributed by atoms with Gasteiger partial charge in [-0.2, -0.15) is 0 Å². The van der Waals surface area contributed by atoms with E-state index in [9.17, 15) is 0 Å². The van der Waals surface area contributed by atoms with Gasteiger partial charge < -0.3 is 9.47 Å². The molecule has 1 aliphatic rings. The van der Waals surface area contributed by atoms with Crippen LogP contribution in [0.5, 0.6) is 0 Å². The Kier molecular flexibility index (Phi) is 3.79. The highest BCUT2D eigenvalue weighted by molar-refractivity contribution is 4.70. The first-order valence-electron chi connectivity index (χ1n) is 3.89. The second-order valence-electron chi connectivity index (χ2n) is 2.60. The lowest BCUT2D eigenvalue weighted by Crippen LogP contribution is -2.53. The first kappa shape index (κ1) is 8.93. The molecular weight excluding hydrogens is 144 g/mol. The molecule has 0 amide bonds. The highest BCUT2D eigenvalue weighted by Gasteiger charge is 2.20. The van der Waals surface area contributed by atoms with Gasteiger partial charge in [0.15, 0.2) is 0 Å². The number of hydrogen-bond acceptors (Lipinski definition) is 4. The van der Waals surface area contributed by atoms with E-state index in [0.717, 1.165) is 26.4 Å². The molecule has 4 heteroatoms. The molecule has 1 aliphatic heterocycles. The van der Waals surface area contributed by atoms with E-state index in [-0.39, 0.29) is 0 Å². The van der Waals surface area contributed by atoms with Gasteiger partial charge >= 0.3 is 0 Å². The molecule has 1 heterocycles.